The molecule has 17 heavy (non-hydrogen) atoms. The van der Waals surface area contributed by atoms with Crippen molar-refractivity contribution in [3.63, 3.8) is 0 Å². The van der Waals surface area contributed by atoms with Crippen LogP contribution in [-0.2, 0) is 13.0 Å². The number of para-hydroxylation sites is 1. The summed E-state index contributed by atoms with van der Waals surface area (Å²) in [4.78, 5) is 0. The molecule has 1 aromatic heterocycles. The SMILES string of the molecule is CCn1c(CCCNC)cc2cccc(O)c21. The minimum Gasteiger partial charge on any atom is -0.506 e. The third-order valence-corrected chi connectivity index (χ3v) is 3.16. The molecule has 0 fully saturated rings. The van der Waals surface area contributed by atoms with Crippen LogP contribution in [0, 0.1) is 0 Å². The molecule has 3 nitrogen and oxygen atoms in total. The van der Waals surface area contributed by atoms with Crippen molar-refractivity contribution in [2.24, 2.45) is 0 Å². The number of aryl methyl sites for hydroxylation is 2. The Morgan fingerprint density at radius 3 is 2.88 bits per heavy atom. The van der Waals surface area contributed by atoms with Gasteiger partial charge in [-0.25, -0.2) is 0 Å². The molecule has 2 rings (SSSR count). The number of hydrogen-bond acceptors (Lipinski definition) is 2. The Balaban J connectivity index is 2.38. The second-order valence-corrected chi connectivity index (χ2v) is 4.30. The number of aromatic nitrogens is 1. The predicted octanol–water partition coefficient (Wildman–Crippen LogP) is 2.52. The number of fused-ring (bicyclic) bond motifs is 1. The molecule has 2 aromatic rings. The van der Waals surface area contributed by atoms with Gasteiger partial charge in [-0.3, -0.25) is 0 Å². The van der Waals surface area contributed by atoms with E-state index in [9.17, 15) is 5.11 Å². The molecule has 0 saturated carbocycles. The number of phenols is 1. The summed E-state index contributed by atoms with van der Waals surface area (Å²) < 4.78 is 2.21. The summed E-state index contributed by atoms with van der Waals surface area (Å²) in [6.07, 6.45) is 2.16. The molecule has 1 heterocycles. The average Bonchev–Trinajstić information content (AvgIpc) is 2.68. The van der Waals surface area contributed by atoms with Gasteiger partial charge in [-0.2, -0.15) is 0 Å². The van der Waals surface area contributed by atoms with Crippen molar-refractivity contribution >= 4 is 10.9 Å². The van der Waals surface area contributed by atoms with E-state index in [2.05, 4.69) is 28.9 Å². The number of rotatable bonds is 5. The van der Waals surface area contributed by atoms with Crippen molar-refractivity contribution in [1.29, 1.82) is 0 Å². The summed E-state index contributed by atoms with van der Waals surface area (Å²) in [5.74, 6) is 0.379. The van der Waals surface area contributed by atoms with E-state index in [0.717, 1.165) is 36.8 Å². The van der Waals surface area contributed by atoms with E-state index in [1.807, 2.05) is 13.1 Å². The molecule has 92 valence electrons. The van der Waals surface area contributed by atoms with Gasteiger partial charge in [0.2, 0.25) is 0 Å². The molecule has 1 aromatic carbocycles. The zero-order valence-electron chi connectivity index (χ0n) is 10.5. The summed E-state index contributed by atoms with van der Waals surface area (Å²) in [5, 5.41) is 14.2. The fraction of sp³-hybridized carbons (Fsp3) is 0.429. The van der Waals surface area contributed by atoms with Crippen molar-refractivity contribution in [1.82, 2.24) is 9.88 Å². The first-order chi connectivity index (χ1) is 8.27. The summed E-state index contributed by atoms with van der Waals surface area (Å²) in [5.41, 5.74) is 2.27. The summed E-state index contributed by atoms with van der Waals surface area (Å²) in [6, 6.07) is 7.90. The number of hydrogen-bond donors (Lipinski definition) is 2. The topological polar surface area (TPSA) is 37.2 Å². The number of nitrogens with one attached hydrogen (secondary N) is 1. The first kappa shape index (κ1) is 12.0. The van der Waals surface area contributed by atoms with E-state index in [0.29, 0.717) is 5.75 Å². The van der Waals surface area contributed by atoms with E-state index in [-0.39, 0.29) is 0 Å². The lowest BCUT2D eigenvalue weighted by Gasteiger charge is -2.08. The Labute approximate surface area is 102 Å². The molecule has 0 spiro atoms. The highest BCUT2D eigenvalue weighted by Gasteiger charge is 2.10. The number of aromatic hydroxyl groups is 1. The van der Waals surface area contributed by atoms with E-state index >= 15 is 0 Å². The minimum atomic E-state index is 0.379. The first-order valence-corrected chi connectivity index (χ1v) is 6.22. The van der Waals surface area contributed by atoms with Gasteiger partial charge >= 0.3 is 0 Å². The number of nitrogens with zero attached hydrogens (tertiary/aromatic N) is 1. The van der Waals surface area contributed by atoms with Crippen molar-refractivity contribution in [3.8, 4) is 5.75 Å². The molecule has 0 saturated heterocycles. The zero-order valence-corrected chi connectivity index (χ0v) is 10.5. The van der Waals surface area contributed by atoms with Gasteiger partial charge in [0.1, 0.15) is 5.75 Å². The molecule has 0 aliphatic heterocycles. The summed E-state index contributed by atoms with van der Waals surface area (Å²) in [7, 11) is 1.97. The van der Waals surface area contributed by atoms with Crippen molar-refractivity contribution < 1.29 is 5.11 Å². The van der Waals surface area contributed by atoms with Crippen LogP contribution in [0.15, 0.2) is 24.3 Å². The summed E-state index contributed by atoms with van der Waals surface area (Å²) in [6.45, 7) is 4.04. The second kappa shape index (κ2) is 5.23. The van der Waals surface area contributed by atoms with E-state index in [1.54, 1.807) is 6.07 Å². The Bertz CT molecular complexity index is 502. The number of benzene rings is 1. The third-order valence-electron chi connectivity index (χ3n) is 3.16. The maximum absolute atomic E-state index is 9.93. The van der Waals surface area contributed by atoms with Crippen molar-refractivity contribution in [2.75, 3.05) is 13.6 Å². The minimum absolute atomic E-state index is 0.379. The van der Waals surface area contributed by atoms with Crippen LogP contribution in [0.25, 0.3) is 10.9 Å². The van der Waals surface area contributed by atoms with Crippen molar-refractivity contribution in [2.45, 2.75) is 26.3 Å². The Hall–Kier alpha value is -1.48. The van der Waals surface area contributed by atoms with Crippen LogP contribution >= 0.6 is 0 Å². The average molecular weight is 232 g/mol. The van der Waals surface area contributed by atoms with Gasteiger partial charge in [-0.15, -0.1) is 0 Å². The van der Waals surface area contributed by atoms with Gasteiger partial charge in [0.25, 0.3) is 0 Å². The van der Waals surface area contributed by atoms with Gasteiger partial charge in [0.15, 0.2) is 0 Å². The van der Waals surface area contributed by atoms with Gasteiger partial charge in [0.05, 0.1) is 5.52 Å². The molecule has 0 atom stereocenters. The van der Waals surface area contributed by atoms with Crippen LogP contribution in [0.5, 0.6) is 5.75 Å². The van der Waals surface area contributed by atoms with Crippen molar-refractivity contribution in [3.05, 3.63) is 30.0 Å². The lowest BCUT2D eigenvalue weighted by molar-refractivity contribution is 0.477. The largest absolute Gasteiger partial charge is 0.506 e. The van der Waals surface area contributed by atoms with Crippen LogP contribution in [0.3, 0.4) is 0 Å². The molecule has 2 N–H and O–H groups in total. The van der Waals surface area contributed by atoms with Gasteiger partial charge in [-0.1, -0.05) is 12.1 Å². The lowest BCUT2D eigenvalue weighted by atomic mass is 10.2. The lowest BCUT2D eigenvalue weighted by Crippen LogP contribution is -2.10. The standard InChI is InChI=1S/C14H20N2O/c1-3-16-12(7-5-9-15-2)10-11-6-4-8-13(17)14(11)16/h4,6,8,10,15,17H,3,5,7,9H2,1-2H3. The van der Waals surface area contributed by atoms with E-state index in [4.69, 9.17) is 0 Å². The maximum Gasteiger partial charge on any atom is 0.139 e. The van der Waals surface area contributed by atoms with Gasteiger partial charge in [-0.05, 0) is 45.5 Å². The molecule has 0 aliphatic rings. The molecule has 0 bridgehead atoms. The van der Waals surface area contributed by atoms with E-state index in [1.165, 1.54) is 5.69 Å². The van der Waals surface area contributed by atoms with Crippen LogP contribution < -0.4 is 5.32 Å². The first-order valence-electron chi connectivity index (χ1n) is 6.22. The highest BCUT2D eigenvalue weighted by molar-refractivity contribution is 5.86. The summed E-state index contributed by atoms with van der Waals surface area (Å²) >= 11 is 0. The third kappa shape index (κ3) is 2.29. The smallest absolute Gasteiger partial charge is 0.139 e. The van der Waals surface area contributed by atoms with Crippen LogP contribution in [-0.4, -0.2) is 23.3 Å². The molecule has 0 radical (unpaired) electrons. The van der Waals surface area contributed by atoms with Crippen LogP contribution in [0.1, 0.15) is 19.0 Å². The van der Waals surface area contributed by atoms with Gasteiger partial charge in [0, 0.05) is 17.6 Å². The van der Waals surface area contributed by atoms with Crippen LogP contribution in [0.4, 0.5) is 0 Å². The molecule has 0 aliphatic carbocycles. The fourth-order valence-corrected chi connectivity index (χ4v) is 2.37. The Morgan fingerprint density at radius 2 is 2.18 bits per heavy atom. The Kier molecular flexibility index (Phi) is 3.69. The molecular formula is C14H20N2O. The molecule has 3 heteroatoms. The fourth-order valence-electron chi connectivity index (χ4n) is 2.37. The van der Waals surface area contributed by atoms with E-state index < -0.39 is 0 Å². The monoisotopic (exact) mass is 232 g/mol. The molecule has 0 amide bonds. The Morgan fingerprint density at radius 1 is 1.35 bits per heavy atom. The normalized spacial score (nSPS) is 11.2. The molecule has 0 unspecified atom stereocenters. The number of phenolic OH excluding ortho intramolecular Hbond substituents is 1. The van der Waals surface area contributed by atoms with Crippen LogP contribution in [0.2, 0.25) is 0 Å². The quantitative estimate of drug-likeness (QED) is 0.777. The maximum atomic E-state index is 9.93. The van der Waals surface area contributed by atoms with Gasteiger partial charge < -0.3 is 15.0 Å². The highest BCUT2D eigenvalue weighted by Crippen LogP contribution is 2.28. The second-order valence-electron chi connectivity index (χ2n) is 4.30. The highest BCUT2D eigenvalue weighted by atomic mass is 16.3. The predicted molar refractivity (Wildman–Crippen MR) is 71.5 cm³/mol. The molecular weight excluding hydrogens is 212 g/mol. The zero-order chi connectivity index (χ0) is 12.3.